The van der Waals surface area contributed by atoms with Crippen LogP contribution < -0.4 is 5.32 Å². The molecule has 3 nitrogen and oxygen atoms in total. The van der Waals surface area contributed by atoms with Gasteiger partial charge in [0.05, 0.1) is 5.69 Å². The second-order valence-corrected chi connectivity index (χ2v) is 5.24. The molecule has 1 aromatic heterocycles. The van der Waals surface area contributed by atoms with Gasteiger partial charge >= 0.3 is 0 Å². The quantitative estimate of drug-likeness (QED) is 0.781. The molecule has 3 aromatic rings. The number of hydrogen-bond donors (Lipinski definition) is 1. The van der Waals surface area contributed by atoms with Crippen LogP contribution in [0, 0.1) is 6.92 Å². The van der Waals surface area contributed by atoms with Crippen LogP contribution in [0.5, 0.6) is 0 Å². The number of nitrogens with zero attached hydrogens (tertiary/aromatic N) is 2. The fourth-order valence-corrected chi connectivity index (χ4v) is 2.28. The smallest absolute Gasteiger partial charge is 0.124 e. The lowest BCUT2D eigenvalue weighted by molar-refractivity contribution is 0.772. The lowest BCUT2D eigenvalue weighted by Crippen LogP contribution is -2.04. The molecule has 0 saturated heterocycles. The van der Waals surface area contributed by atoms with Gasteiger partial charge in [0.15, 0.2) is 0 Å². The maximum absolute atomic E-state index is 4.56. The van der Waals surface area contributed by atoms with E-state index >= 15 is 0 Å². The molecule has 0 radical (unpaired) electrons. The average Bonchev–Trinajstić information content (AvgIpc) is 2.89. The SMILES string of the molecule is Cc1ccc(CNc2cc(-c3ccccc3)nn2C)cc1. The van der Waals surface area contributed by atoms with E-state index in [0.29, 0.717) is 0 Å². The molecule has 0 saturated carbocycles. The highest BCUT2D eigenvalue weighted by atomic mass is 15.3. The minimum atomic E-state index is 0.800. The molecule has 0 atom stereocenters. The number of rotatable bonds is 4. The summed E-state index contributed by atoms with van der Waals surface area (Å²) < 4.78 is 1.89. The topological polar surface area (TPSA) is 29.9 Å². The van der Waals surface area contributed by atoms with Crippen molar-refractivity contribution < 1.29 is 0 Å². The molecule has 1 heterocycles. The van der Waals surface area contributed by atoms with E-state index in [0.717, 1.165) is 23.6 Å². The molecule has 2 aromatic carbocycles. The number of benzene rings is 2. The first-order valence-corrected chi connectivity index (χ1v) is 7.11. The standard InChI is InChI=1S/C18H19N3/c1-14-8-10-15(11-9-14)13-19-18-12-17(20-21(18)2)16-6-4-3-5-7-16/h3-12,19H,13H2,1-2H3. The van der Waals surface area contributed by atoms with Crippen LogP contribution in [0.1, 0.15) is 11.1 Å². The lowest BCUT2D eigenvalue weighted by atomic mass is 10.1. The molecule has 0 amide bonds. The number of hydrogen-bond acceptors (Lipinski definition) is 2. The minimum Gasteiger partial charge on any atom is -0.366 e. The van der Waals surface area contributed by atoms with E-state index in [1.54, 1.807) is 0 Å². The van der Waals surface area contributed by atoms with Crippen molar-refractivity contribution in [2.24, 2.45) is 7.05 Å². The van der Waals surface area contributed by atoms with Crippen molar-refractivity contribution in [1.29, 1.82) is 0 Å². The van der Waals surface area contributed by atoms with Gasteiger partial charge in [-0.05, 0) is 12.5 Å². The van der Waals surface area contributed by atoms with Crippen molar-refractivity contribution in [3.63, 3.8) is 0 Å². The van der Waals surface area contributed by atoms with Crippen LogP contribution in [0.15, 0.2) is 60.7 Å². The highest BCUT2D eigenvalue weighted by Crippen LogP contribution is 2.21. The summed E-state index contributed by atoms with van der Waals surface area (Å²) >= 11 is 0. The van der Waals surface area contributed by atoms with Crippen LogP contribution in [0.2, 0.25) is 0 Å². The fourth-order valence-electron chi connectivity index (χ4n) is 2.28. The second-order valence-electron chi connectivity index (χ2n) is 5.24. The molecular formula is C18H19N3. The zero-order valence-corrected chi connectivity index (χ0v) is 12.4. The average molecular weight is 277 g/mol. The van der Waals surface area contributed by atoms with E-state index in [1.165, 1.54) is 11.1 Å². The Labute approximate surface area is 125 Å². The Hall–Kier alpha value is -2.55. The Morgan fingerprint density at radius 2 is 1.71 bits per heavy atom. The van der Waals surface area contributed by atoms with E-state index < -0.39 is 0 Å². The summed E-state index contributed by atoms with van der Waals surface area (Å²) in [5, 5.41) is 8.00. The van der Waals surface area contributed by atoms with Gasteiger partial charge in [0.1, 0.15) is 5.82 Å². The molecule has 0 bridgehead atoms. The van der Waals surface area contributed by atoms with Crippen molar-refractivity contribution in [3.8, 4) is 11.3 Å². The van der Waals surface area contributed by atoms with E-state index in [9.17, 15) is 0 Å². The summed E-state index contributed by atoms with van der Waals surface area (Å²) in [5.74, 6) is 1.02. The Balaban J connectivity index is 1.74. The molecule has 0 aliphatic carbocycles. The number of aromatic nitrogens is 2. The maximum atomic E-state index is 4.56. The molecule has 21 heavy (non-hydrogen) atoms. The summed E-state index contributed by atoms with van der Waals surface area (Å²) in [6.07, 6.45) is 0. The van der Waals surface area contributed by atoms with Gasteiger partial charge in [0.25, 0.3) is 0 Å². The molecule has 0 spiro atoms. The molecule has 0 unspecified atom stereocenters. The molecule has 0 aliphatic rings. The van der Waals surface area contributed by atoms with E-state index in [2.05, 4.69) is 59.8 Å². The predicted molar refractivity (Wildman–Crippen MR) is 87.1 cm³/mol. The van der Waals surface area contributed by atoms with Crippen LogP contribution >= 0.6 is 0 Å². The van der Waals surface area contributed by atoms with Crippen LogP contribution in [-0.2, 0) is 13.6 Å². The van der Waals surface area contributed by atoms with Crippen molar-refractivity contribution >= 4 is 5.82 Å². The van der Waals surface area contributed by atoms with E-state index in [4.69, 9.17) is 0 Å². The summed E-state index contributed by atoms with van der Waals surface area (Å²) in [6, 6.07) is 20.9. The van der Waals surface area contributed by atoms with Gasteiger partial charge in [-0.15, -0.1) is 0 Å². The van der Waals surface area contributed by atoms with E-state index in [1.807, 2.05) is 29.9 Å². The van der Waals surface area contributed by atoms with Gasteiger partial charge in [-0.1, -0.05) is 60.2 Å². The van der Waals surface area contributed by atoms with Crippen molar-refractivity contribution in [2.75, 3.05) is 5.32 Å². The highest BCUT2D eigenvalue weighted by Gasteiger charge is 2.06. The number of anilines is 1. The molecule has 1 N–H and O–H groups in total. The molecular weight excluding hydrogens is 258 g/mol. The predicted octanol–water partition coefficient (Wildman–Crippen LogP) is 4.01. The van der Waals surface area contributed by atoms with Crippen LogP contribution in [0.25, 0.3) is 11.3 Å². The Morgan fingerprint density at radius 1 is 1.00 bits per heavy atom. The first kappa shape index (κ1) is 13.4. The third-order valence-electron chi connectivity index (χ3n) is 3.54. The molecule has 3 rings (SSSR count). The van der Waals surface area contributed by atoms with Crippen LogP contribution in [0.4, 0.5) is 5.82 Å². The van der Waals surface area contributed by atoms with Crippen molar-refractivity contribution in [1.82, 2.24) is 9.78 Å². The van der Waals surface area contributed by atoms with Gasteiger partial charge in [-0.25, -0.2) is 0 Å². The molecule has 106 valence electrons. The minimum absolute atomic E-state index is 0.800. The Bertz CT molecular complexity index is 712. The van der Waals surface area contributed by atoms with Gasteiger partial charge in [0, 0.05) is 25.2 Å². The van der Waals surface area contributed by atoms with E-state index in [-0.39, 0.29) is 0 Å². The van der Waals surface area contributed by atoms with Gasteiger partial charge in [0.2, 0.25) is 0 Å². The normalized spacial score (nSPS) is 10.6. The first-order chi connectivity index (χ1) is 10.2. The van der Waals surface area contributed by atoms with Gasteiger partial charge in [-0.2, -0.15) is 5.10 Å². The third-order valence-corrected chi connectivity index (χ3v) is 3.54. The van der Waals surface area contributed by atoms with Crippen LogP contribution in [0.3, 0.4) is 0 Å². The van der Waals surface area contributed by atoms with Crippen molar-refractivity contribution in [2.45, 2.75) is 13.5 Å². The third kappa shape index (κ3) is 3.14. The number of nitrogens with one attached hydrogen (secondary N) is 1. The van der Waals surface area contributed by atoms with Crippen LogP contribution in [-0.4, -0.2) is 9.78 Å². The van der Waals surface area contributed by atoms with Crippen molar-refractivity contribution in [3.05, 3.63) is 71.8 Å². The largest absolute Gasteiger partial charge is 0.366 e. The zero-order valence-electron chi connectivity index (χ0n) is 12.4. The van der Waals surface area contributed by atoms with Gasteiger partial charge < -0.3 is 5.32 Å². The fraction of sp³-hybridized carbons (Fsp3) is 0.167. The summed E-state index contributed by atoms with van der Waals surface area (Å²) in [5.41, 5.74) is 4.68. The monoisotopic (exact) mass is 277 g/mol. The second kappa shape index (κ2) is 5.83. The zero-order chi connectivity index (χ0) is 14.7. The first-order valence-electron chi connectivity index (χ1n) is 7.11. The van der Waals surface area contributed by atoms with Gasteiger partial charge in [-0.3, -0.25) is 4.68 Å². The highest BCUT2D eigenvalue weighted by molar-refractivity contribution is 5.62. The Kier molecular flexibility index (Phi) is 3.73. The lowest BCUT2D eigenvalue weighted by Gasteiger charge is -2.06. The number of aryl methyl sites for hydroxylation is 2. The molecule has 3 heteroatoms. The maximum Gasteiger partial charge on any atom is 0.124 e. The summed E-state index contributed by atoms with van der Waals surface area (Å²) in [4.78, 5) is 0. The summed E-state index contributed by atoms with van der Waals surface area (Å²) in [6.45, 7) is 2.90. The summed E-state index contributed by atoms with van der Waals surface area (Å²) in [7, 11) is 1.96. The molecule has 0 fully saturated rings. The molecule has 0 aliphatic heterocycles. The Morgan fingerprint density at radius 3 is 2.43 bits per heavy atom.